The number of amides is 1. The highest BCUT2D eigenvalue weighted by Gasteiger charge is 2.23. The molecule has 1 aliphatic rings. The van der Waals surface area contributed by atoms with Crippen LogP contribution in [0.3, 0.4) is 0 Å². The molecule has 3 N–H and O–H groups in total. The Kier molecular flexibility index (Phi) is 3.59. The largest absolute Gasteiger partial charge is 0.479 e. The zero-order valence-electron chi connectivity index (χ0n) is 9.90. The second-order valence-electron chi connectivity index (χ2n) is 4.07. The van der Waals surface area contributed by atoms with Gasteiger partial charge in [0.1, 0.15) is 5.75 Å². The van der Waals surface area contributed by atoms with Gasteiger partial charge in [-0.15, -0.1) is 0 Å². The number of hydrogen-bond donors (Lipinski definition) is 2. The predicted octanol–water partition coefficient (Wildman–Crippen LogP) is 1.77. The maximum Gasteiger partial charge on any atom is 0.265 e. The van der Waals surface area contributed by atoms with Crippen LogP contribution in [0.4, 0.5) is 5.69 Å². The van der Waals surface area contributed by atoms with Gasteiger partial charge in [0.25, 0.3) is 5.91 Å². The van der Waals surface area contributed by atoms with Gasteiger partial charge in [0, 0.05) is 11.8 Å². The highest BCUT2D eigenvalue weighted by molar-refractivity contribution is 7.98. The molecule has 1 aromatic rings. The zero-order valence-corrected chi connectivity index (χ0v) is 10.7. The molecule has 2 rings (SSSR count). The van der Waals surface area contributed by atoms with Crippen LogP contribution in [0.1, 0.15) is 18.5 Å². The lowest BCUT2D eigenvalue weighted by Gasteiger charge is -2.24. The molecule has 0 spiro atoms. The minimum atomic E-state index is -0.437. The molecule has 92 valence electrons. The van der Waals surface area contributed by atoms with Crippen molar-refractivity contribution in [3.8, 4) is 5.75 Å². The summed E-state index contributed by atoms with van der Waals surface area (Å²) < 4.78 is 5.48. The molecule has 0 aromatic heterocycles. The smallest absolute Gasteiger partial charge is 0.265 e. The fourth-order valence-electron chi connectivity index (χ4n) is 1.73. The first-order chi connectivity index (χ1) is 8.11. The molecular weight excluding hydrogens is 236 g/mol. The lowest BCUT2D eigenvalue weighted by atomic mass is 10.1. The number of carbonyl (C=O) groups is 1. The number of hydrogen-bond acceptors (Lipinski definition) is 4. The molecule has 0 bridgehead atoms. The van der Waals surface area contributed by atoms with Crippen LogP contribution in [0.2, 0.25) is 0 Å². The fraction of sp³-hybridized carbons (Fsp3) is 0.417. The van der Waals surface area contributed by atoms with E-state index in [1.165, 1.54) is 0 Å². The molecule has 0 saturated heterocycles. The minimum Gasteiger partial charge on any atom is -0.479 e. The number of anilines is 1. The summed E-state index contributed by atoms with van der Waals surface area (Å²) in [4.78, 5) is 11.5. The number of rotatable bonds is 3. The van der Waals surface area contributed by atoms with E-state index in [9.17, 15) is 4.79 Å². The van der Waals surface area contributed by atoms with Gasteiger partial charge in [-0.25, -0.2) is 0 Å². The van der Waals surface area contributed by atoms with Crippen molar-refractivity contribution in [2.24, 2.45) is 5.73 Å². The number of ether oxygens (including phenoxy) is 1. The lowest BCUT2D eigenvalue weighted by molar-refractivity contribution is -0.122. The Bertz CT molecular complexity index is 437. The highest BCUT2D eigenvalue weighted by atomic mass is 32.2. The summed E-state index contributed by atoms with van der Waals surface area (Å²) >= 11 is 1.70. The van der Waals surface area contributed by atoms with E-state index >= 15 is 0 Å². The topological polar surface area (TPSA) is 64.3 Å². The van der Waals surface area contributed by atoms with Gasteiger partial charge in [-0.05, 0) is 30.9 Å². The number of carbonyl (C=O) groups excluding carboxylic acids is 1. The Morgan fingerprint density at radius 3 is 3.06 bits per heavy atom. The Morgan fingerprint density at radius 1 is 1.59 bits per heavy atom. The molecule has 0 saturated carbocycles. The van der Waals surface area contributed by atoms with Gasteiger partial charge in [0.15, 0.2) is 6.10 Å². The number of fused-ring (bicyclic) bond motifs is 1. The molecule has 5 heteroatoms. The molecule has 2 unspecified atom stereocenters. The van der Waals surface area contributed by atoms with E-state index in [-0.39, 0.29) is 11.9 Å². The van der Waals surface area contributed by atoms with Crippen LogP contribution in [0.5, 0.6) is 5.75 Å². The summed E-state index contributed by atoms with van der Waals surface area (Å²) in [6.45, 7) is 1.73. The van der Waals surface area contributed by atoms with Crippen LogP contribution >= 0.6 is 11.8 Å². The van der Waals surface area contributed by atoms with Crippen molar-refractivity contribution in [3.05, 3.63) is 23.8 Å². The Labute approximate surface area is 105 Å². The van der Waals surface area contributed by atoms with E-state index in [0.717, 1.165) is 11.3 Å². The van der Waals surface area contributed by atoms with Crippen LogP contribution in [0, 0.1) is 0 Å². The van der Waals surface area contributed by atoms with Gasteiger partial charge in [-0.3, -0.25) is 4.79 Å². The molecule has 2 atom stereocenters. The van der Waals surface area contributed by atoms with Crippen molar-refractivity contribution < 1.29 is 9.53 Å². The average molecular weight is 252 g/mol. The SMILES string of the molecule is CSCC(N)c1ccc2c(c1)NC(=O)C(C)O2. The van der Waals surface area contributed by atoms with Crippen LogP contribution in [0.15, 0.2) is 18.2 Å². The molecule has 0 aliphatic carbocycles. The third-order valence-electron chi connectivity index (χ3n) is 2.71. The second kappa shape index (κ2) is 4.98. The number of nitrogens with one attached hydrogen (secondary N) is 1. The van der Waals surface area contributed by atoms with E-state index in [1.54, 1.807) is 18.7 Å². The summed E-state index contributed by atoms with van der Waals surface area (Å²) in [5, 5.41) is 2.82. The van der Waals surface area contributed by atoms with E-state index in [0.29, 0.717) is 11.4 Å². The van der Waals surface area contributed by atoms with Crippen LogP contribution < -0.4 is 15.8 Å². The Balaban J connectivity index is 2.25. The van der Waals surface area contributed by atoms with E-state index in [4.69, 9.17) is 10.5 Å². The molecule has 0 radical (unpaired) electrons. The van der Waals surface area contributed by atoms with Gasteiger partial charge in [-0.2, -0.15) is 11.8 Å². The summed E-state index contributed by atoms with van der Waals surface area (Å²) in [6, 6.07) is 5.68. The van der Waals surface area contributed by atoms with Crippen molar-refractivity contribution in [2.75, 3.05) is 17.3 Å². The number of nitrogens with two attached hydrogens (primary N) is 1. The molecule has 1 amide bonds. The first kappa shape index (κ1) is 12.3. The summed E-state index contributed by atoms with van der Waals surface area (Å²) in [5.74, 6) is 1.44. The maximum absolute atomic E-state index is 11.5. The lowest BCUT2D eigenvalue weighted by Crippen LogP contribution is -2.34. The Hall–Kier alpha value is -1.20. The number of thioether (sulfide) groups is 1. The van der Waals surface area contributed by atoms with E-state index < -0.39 is 6.10 Å². The molecule has 0 fully saturated rings. The first-order valence-corrected chi connectivity index (χ1v) is 6.87. The Morgan fingerprint density at radius 2 is 2.35 bits per heavy atom. The quantitative estimate of drug-likeness (QED) is 0.860. The molecule has 1 heterocycles. The number of benzene rings is 1. The van der Waals surface area contributed by atoms with Crippen LogP contribution in [-0.4, -0.2) is 24.0 Å². The van der Waals surface area contributed by atoms with Crippen molar-refractivity contribution in [2.45, 2.75) is 19.1 Å². The van der Waals surface area contributed by atoms with Gasteiger partial charge >= 0.3 is 0 Å². The van der Waals surface area contributed by atoms with Crippen LogP contribution in [-0.2, 0) is 4.79 Å². The third-order valence-corrected chi connectivity index (χ3v) is 3.40. The van der Waals surface area contributed by atoms with Gasteiger partial charge < -0.3 is 15.8 Å². The standard InChI is InChI=1S/C12H16N2O2S/c1-7-12(15)14-10-5-8(9(13)6-17-2)3-4-11(10)16-7/h3-5,7,9H,6,13H2,1-2H3,(H,14,15). The highest BCUT2D eigenvalue weighted by Crippen LogP contribution is 2.32. The van der Waals surface area contributed by atoms with Crippen molar-refractivity contribution in [1.82, 2.24) is 0 Å². The predicted molar refractivity (Wildman–Crippen MR) is 70.5 cm³/mol. The molecule has 1 aliphatic heterocycles. The monoisotopic (exact) mass is 252 g/mol. The summed E-state index contributed by atoms with van der Waals surface area (Å²) in [5.41, 5.74) is 7.75. The van der Waals surface area contributed by atoms with Crippen LogP contribution in [0.25, 0.3) is 0 Å². The van der Waals surface area contributed by atoms with E-state index in [2.05, 4.69) is 5.32 Å². The van der Waals surface area contributed by atoms with Crippen molar-refractivity contribution >= 4 is 23.4 Å². The van der Waals surface area contributed by atoms with Crippen molar-refractivity contribution in [3.63, 3.8) is 0 Å². The molecule has 17 heavy (non-hydrogen) atoms. The summed E-state index contributed by atoms with van der Waals surface area (Å²) in [7, 11) is 0. The minimum absolute atomic E-state index is 0.0217. The molecular formula is C12H16N2O2S. The average Bonchev–Trinajstić information content (AvgIpc) is 2.30. The van der Waals surface area contributed by atoms with E-state index in [1.807, 2.05) is 24.5 Å². The second-order valence-corrected chi connectivity index (χ2v) is 4.98. The van der Waals surface area contributed by atoms with Gasteiger partial charge in [0.05, 0.1) is 5.69 Å². The molecule has 1 aromatic carbocycles. The first-order valence-electron chi connectivity index (χ1n) is 5.48. The summed E-state index contributed by atoms with van der Waals surface area (Å²) in [6.07, 6.45) is 1.58. The normalized spacial score (nSPS) is 20.2. The van der Waals surface area contributed by atoms with Gasteiger partial charge in [-0.1, -0.05) is 6.07 Å². The van der Waals surface area contributed by atoms with Gasteiger partial charge in [0.2, 0.25) is 0 Å². The zero-order chi connectivity index (χ0) is 12.4. The fourth-order valence-corrected chi connectivity index (χ4v) is 2.28. The molecule has 4 nitrogen and oxygen atoms in total. The van der Waals surface area contributed by atoms with Crippen molar-refractivity contribution in [1.29, 1.82) is 0 Å². The third kappa shape index (κ3) is 2.56. The maximum atomic E-state index is 11.5.